The second kappa shape index (κ2) is 9.67. The van der Waals surface area contributed by atoms with Gasteiger partial charge in [0.2, 0.25) is 0 Å². The van der Waals surface area contributed by atoms with Gasteiger partial charge in [-0.2, -0.15) is 0 Å². The summed E-state index contributed by atoms with van der Waals surface area (Å²) in [5, 5.41) is 4.23. The monoisotopic (exact) mass is 396 g/mol. The molecule has 1 amide bonds. The fourth-order valence-electron chi connectivity index (χ4n) is 2.30. The summed E-state index contributed by atoms with van der Waals surface area (Å²) in [7, 11) is 5.17. The average molecular weight is 397 g/mol. The first kappa shape index (κ1) is 20.4. The Labute approximate surface area is 163 Å². The van der Waals surface area contributed by atoms with Crippen LogP contribution < -0.4 is 14.8 Å². The zero-order valence-electron chi connectivity index (χ0n) is 15.0. The van der Waals surface area contributed by atoms with Crippen molar-refractivity contribution >= 4 is 29.3 Å². The van der Waals surface area contributed by atoms with Crippen molar-refractivity contribution in [1.29, 1.82) is 0 Å². The third kappa shape index (κ3) is 5.80. The molecule has 0 aliphatic carbocycles. The summed E-state index contributed by atoms with van der Waals surface area (Å²) in [6.07, 6.45) is 0.353. The number of amides is 1. The van der Waals surface area contributed by atoms with Crippen LogP contribution in [0.3, 0.4) is 0 Å². The third-order valence-electron chi connectivity index (χ3n) is 3.77. The zero-order valence-corrected chi connectivity index (χ0v) is 16.5. The molecule has 0 saturated heterocycles. The van der Waals surface area contributed by atoms with Crippen LogP contribution in [0.15, 0.2) is 42.5 Å². The van der Waals surface area contributed by atoms with Gasteiger partial charge in [-0.15, -0.1) is 0 Å². The fourth-order valence-corrected chi connectivity index (χ4v) is 2.59. The topological polar surface area (TPSA) is 50.8 Å². The quantitative estimate of drug-likeness (QED) is 0.731. The van der Waals surface area contributed by atoms with Crippen molar-refractivity contribution in [3.8, 4) is 11.5 Å². The van der Waals surface area contributed by atoms with Crippen LogP contribution in [0.1, 0.15) is 18.0 Å². The molecule has 2 aromatic rings. The van der Waals surface area contributed by atoms with E-state index in [1.807, 2.05) is 19.2 Å². The second-order valence-electron chi connectivity index (χ2n) is 5.89. The maximum Gasteiger partial charge on any atom is 0.414 e. The highest BCUT2D eigenvalue weighted by Crippen LogP contribution is 2.27. The van der Waals surface area contributed by atoms with Crippen LogP contribution in [0.4, 0.5) is 4.79 Å². The van der Waals surface area contributed by atoms with Crippen molar-refractivity contribution in [3.63, 3.8) is 0 Å². The van der Waals surface area contributed by atoms with Gasteiger partial charge in [0.05, 0.1) is 16.7 Å². The molecule has 140 valence electrons. The molecule has 2 aromatic carbocycles. The van der Waals surface area contributed by atoms with Gasteiger partial charge in [-0.05, 0) is 36.9 Å². The normalized spacial score (nSPS) is 11.7. The zero-order chi connectivity index (χ0) is 19.1. The molecule has 7 heteroatoms. The Morgan fingerprint density at radius 1 is 1.08 bits per heavy atom. The van der Waals surface area contributed by atoms with E-state index in [9.17, 15) is 4.79 Å². The van der Waals surface area contributed by atoms with Crippen LogP contribution in [0, 0.1) is 0 Å². The molecule has 2 rings (SSSR count). The van der Waals surface area contributed by atoms with Gasteiger partial charge < -0.3 is 19.7 Å². The van der Waals surface area contributed by atoms with Gasteiger partial charge in [0.15, 0.2) is 0 Å². The molecule has 0 saturated carbocycles. The van der Waals surface area contributed by atoms with Gasteiger partial charge in [-0.3, -0.25) is 0 Å². The highest BCUT2D eigenvalue weighted by atomic mass is 35.5. The lowest BCUT2D eigenvalue weighted by molar-refractivity contribution is 0.172. The smallest absolute Gasteiger partial charge is 0.414 e. The Bertz CT molecular complexity index is 736. The number of nitrogens with zero attached hydrogens (tertiary/aromatic N) is 1. The van der Waals surface area contributed by atoms with Gasteiger partial charge in [-0.25, -0.2) is 4.79 Å². The number of rotatable bonds is 7. The Morgan fingerprint density at radius 2 is 1.73 bits per heavy atom. The molecule has 26 heavy (non-hydrogen) atoms. The first-order valence-corrected chi connectivity index (χ1v) is 8.90. The SMILES string of the molecule is CNC(CCOc1ccc(Cl)c(Cl)c1)c1ccc(OC(=O)N(C)C)cc1. The Kier molecular flexibility index (Phi) is 7.57. The van der Waals surface area contributed by atoms with E-state index in [1.54, 1.807) is 44.4 Å². The van der Waals surface area contributed by atoms with Crippen molar-refractivity contribution in [3.05, 3.63) is 58.1 Å². The maximum atomic E-state index is 11.6. The van der Waals surface area contributed by atoms with E-state index in [1.165, 1.54) is 4.90 Å². The molecule has 0 heterocycles. The molecule has 1 unspecified atom stereocenters. The van der Waals surface area contributed by atoms with E-state index in [-0.39, 0.29) is 6.04 Å². The molecule has 5 nitrogen and oxygen atoms in total. The number of hydrogen-bond acceptors (Lipinski definition) is 4. The van der Waals surface area contributed by atoms with Crippen molar-refractivity contribution < 1.29 is 14.3 Å². The van der Waals surface area contributed by atoms with Crippen molar-refractivity contribution in [2.45, 2.75) is 12.5 Å². The molecule has 0 spiro atoms. The molecular formula is C19H22Cl2N2O3. The van der Waals surface area contributed by atoms with E-state index >= 15 is 0 Å². The lowest BCUT2D eigenvalue weighted by Crippen LogP contribution is -2.25. The minimum absolute atomic E-state index is 0.108. The molecule has 0 fully saturated rings. The summed E-state index contributed by atoms with van der Waals surface area (Å²) in [6.45, 7) is 0.515. The van der Waals surface area contributed by atoms with E-state index in [4.69, 9.17) is 32.7 Å². The summed E-state index contributed by atoms with van der Waals surface area (Å²) in [4.78, 5) is 12.9. The van der Waals surface area contributed by atoms with Gasteiger partial charge in [0, 0.05) is 32.6 Å². The van der Waals surface area contributed by atoms with Crippen molar-refractivity contribution in [2.75, 3.05) is 27.7 Å². The summed E-state index contributed by atoms with van der Waals surface area (Å²) < 4.78 is 11.0. The minimum Gasteiger partial charge on any atom is -0.493 e. The predicted molar refractivity (Wildman–Crippen MR) is 105 cm³/mol. The highest BCUT2D eigenvalue weighted by molar-refractivity contribution is 6.42. The van der Waals surface area contributed by atoms with Crippen LogP contribution in [0.25, 0.3) is 0 Å². The van der Waals surface area contributed by atoms with Gasteiger partial charge in [-0.1, -0.05) is 35.3 Å². The largest absolute Gasteiger partial charge is 0.493 e. The van der Waals surface area contributed by atoms with Crippen LogP contribution >= 0.6 is 23.2 Å². The first-order chi connectivity index (χ1) is 12.4. The van der Waals surface area contributed by atoms with Gasteiger partial charge >= 0.3 is 6.09 Å². The van der Waals surface area contributed by atoms with Crippen LogP contribution in [0.5, 0.6) is 11.5 Å². The van der Waals surface area contributed by atoms with Gasteiger partial charge in [0.25, 0.3) is 0 Å². The predicted octanol–water partition coefficient (Wildman–Crippen LogP) is 4.78. The van der Waals surface area contributed by atoms with E-state index in [2.05, 4.69) is 5.32 Å². The molecule has 0 aromatic heterocycles. The fraction of sp³-hybridized carbons (Fsp3) is 0.316. The van der Waals surface area contributed by atoms with E-state index in [0.29, 0.717) is 28.2 Å². The maximum absolute atomic E-state index is 11.6. The summed E-state index contributed by atoms with van der Waals surface area (Å²) in [6, 6.07) is 12.7. The molecule has 0 aliphatic rings. The standard InChI is InChI=1S/C19H22Cl2N2O3/c1-22-18(10-11-25-15-8-9-16(20)17(21)12-15)13-4-6-14(7-5-13)26-19(24)23(2)3/h4-9,12,18,22H,10-11H2,1-3H3. The van der Waals surface area contributed by atoms with Crippen LogP contribution in [-0.4, -0.2) is 38.7 Å². The van der Waals surface area contributed by atoms with Crippen molar-refractivity contribution in [2.24, 2.45) is 0 Å². The molecular weight excluding hydrogens is 375 g/mol. The first-order valence-electron chi connectivity index (χ1n) is 8.15. The molecule has 1 atom stereocenters. The summed E-state index contributed by atoms with van der Waals surface area (Å²) in [5.74, 6) is 1.19. The summed E-state index contributed by atoms with van der Waals surface area (Å²) >= 11 is 11.9. The molecule has 0 bridgehead atoms. The lowest BCUT2D eigenvalue weighted by atomic mass is 10.0. The molecule has 0 aliphatic heterocycles. The lowest BCUT2D eigenvalue weighted by Gasteiger charge is -2.18. The number of halogens is 2. The number of ether oxygens (including phenoxy) is 2. The number of nitrogens with one attached hydrogen (secondary N) is 1. The minimum atomic E-state index is -0.405. The Balaban J connectivity index is 1.91. The number of benzene rings is 2. The average Bonchev–Trinajstić information content (AvgIpc) is 2.62. The molecule has 0 radical (unpaired) electrons. The van der Waals surface area contributed by atoms with Crippen molar-refractivity contribution in [1.82, 2.24) is 10.2 Å². The van der Waals surface area contributed by atoms with E-state index < -0.39 is 6.09 Å². The number of carbonyl (C=O) groups excluding carboxylic acids is 1. The van der Waals surface area contributed by atoms with Crippen LogP contribution in [0.2, 0.25) is 10.0 Å². The second-order valence-corrected chi connectivity index (χ2v) is 6.70. The number of hydrogen-bond donors (Lipinski definition) is 1. The third-order valence-corrected chi connectivity index (χ3v) is 4.51. The summed E-state index contributed by atoms with van der Waals surface area (Å²) in [5.41, 5.74) is 1.08. The van der Waals surface area contributed by atoms with Gasteiger partial charge in [0.1, 0.15) is 11.5 Å². The Morgan fingerprint density at radius 3 is 2.31 bits per heavy atom. The van der Waals surface area contributed by atoms with Crippen LogP contribution in [-0.2, 0) is 0 Å². The number of carbonyl (C=O) groups is 1. The molecule has 1 N–H and O–H groups in total. The highest BCUT2D eigenvalue weighted by Gasteiger charge is 2.11. The van der Waals surface area contributed by atoms with E-state index in [0.717, 1.165) is 12.0 Å². The Hall–Kier alpha value is -1.95.